The van der Waals surface area contributed by atoms with E-state index >= 15 is 0 Å². The number of carbonyl (C=O) groups is 2. The molecule has 0 aromatic heterocycles. The summed E-state index contributed by atoms with van der Waals surface area (Å²) in [6.45, 7) is 1.50. The van der Waals surface area contributed by atoms with Crippen LogP contribution in [0.5, 0.6) is 0 Å². The van der Waals surface area contributed by atoms with E-state index in [0.29, 0.717) is 26.2 Å². The molecule has 10 heteroatoms. The molecule has 0 unspecified atom stereocenters. The second-order valence-electron chi connectivity index (χ2n) is 6.97. The molecule has 2 aromatic carbocycles. The summed E-state index contributed by atoms with van der Waals surface area (Å²) in [5.74, 6) is -1.76. The molecule has 0 aliphatic carbocycles. The van der Waals surface area contributed by atoms with E-state index in [4.69, 9.17) is 0 Å². The zero-order valence-corrected chi connectivity index (χ0v) is 17.9. The topological polar surface area (TPSA) is 96.0 Å². The number of carbonyl (C=O) groups excluding carboxylic acids is 2. The second kappa shape index (κ2) is 9.88. The molecule has 1 fully saturated rings. The Morgan fingerprint density at radius 2 is 1.61 bits per heavy atom. The minimum atomic E-state index is -3.56. The Kier molecular flexibility index (Phi) is 7.24. The maximum absolute atomic E-state index is 13.1. The van der Waals surface area contributed by atoms with Gasteiger partial charge in [0, 0.05) is 38.4 Å². The first-order valence-corrected chi connectivity index (χ1v) is 11.4. The van der Waals surface area contributed by atoms with Crippen molar-refractivity contribution in [2.45, 2.75) is 0 Å². The number of rotatable bonds is 7. The Bertz CT molecular complexity index is 1040. The van der Waals surface area contributed by atoms with Gasteiger partial charge in [0.05, 0.1) is 24.0 Å². The predicted octanol–water partition coefficient (Wildman–Crippen LogP) is 1.49. The van der Waals surface area contributed by atoms with Crippen LogP contribution < -0.4 is 10.2 Å². The van der Waals surface area contributed by atoms with Crippen LogP contribution in [0, 0.1) is 5.82 Å². The lowest BCUT2D eigenvalue weighted by atomic mass is 10.1. The third kappa shape index (κ3) is 5.59. The van der Waals surface area contributed by atoms with Crippen molar-refractivity contribution in [3.63, 3.8) is 0 Å². The molecule has 0 atom stereocenters. The highest BCUT2D eigenvalue weighted by molar-refractivity contribution is 7.89. The van der Waals surface area contributed by atoms with Crippen molar-refractivity contribution in [1.82, 2.24) is 9.62 Å². The highest BCUT2D eigenvalue weighted by atomic mass is 32.2. The van der Waals surface area contributed by atoms with Crippen LogP contribution in [0.25, 0.3) is 0 Å². The lowest BCUT2D eigenvalue weighted by Crippen LogP contribution is -2.50. The number of methoxy groups -OCH3 is 1. The van der Waals surface area contributed by atoms with Crippen LogP contribution in [0.3, 0.4) is 0 Å². The number of sulfonamides is 1. The highest BCUT2D eigenvalue weighted by Gasteiger charge is 2.27. The van der Waals surface area contributed by atoms with Crippen molar-refractivity contribution in [3.05, 3.63) is 65.5 Å². The Morgan fingerprint density at radius 3 is 2.23 bits per heavy atom. The van der Waals surface area contributed by atoms with Gasteiger partial charge in [0.2, 0.25) is 10.0 Å². The van der Waals surface area contributed by atoms with Crippen LogP contribution in [0.2, 0.25) is 0 Å². The van der Waals surface area contributed by atoms with E-state index in [2.05, 4.69) is 10.1 Å². The van der Waals surface area contributed by atoms with Gasteiger partial charge in [0.1, 0.15) is 5.82 Å². The van der Waals surface area contributed by atoms with Crippen LogP contribution in [0.15, 0.2) is 48.5 Å². The first kappa shape index (κ1) is 22.7. The molecule has 8 nitrogen and oxygen atoms in total. The number of hydrogen-bond donors (Lipinski definition) is 1. The van der Waals surface area contributed by atoms with Crippen molar-refractivity contribution < 1.29 is 27.1 Å². The number of ether oxygens (including phenoxy) is 1. The van der Waals surface area contributed by atoms with E-state index in [1.54, 1.807) is 24.3 Å². The van der Waals surface area contributed by atoms with Crippen molar-refractivity contribution in [2.24, 2.45) is 0 Å². The number of benzene rings is 2. The smallest absolute Gasteiger partial charge is 0.338 e. The Hall–Kier alpha value is -2.98. The van der Waals surface area contributed by atoms with Gasteiger partial charge in [-0.2, -0.15) is 4.31 Å². The lowest BCUT2D eigenvalue weighted by molar-refractivity contribution is 0.0596. The first-order chi connectivity index (χ1) is 14.8. The summed E-state index contributed by atoms with van der Waals surface area (Å²) >= 11 is 0. The number of anilines is 1. The van der Waals surface area contributed by atoms with Gasteiger partial charge in [-0.15, -0.1) is 0 Å². The van der Waals surface area contributed by atoms with Gasteiger partial charge in [-0.05, 0) is 36.4 Å². The molecule has 0 radical (unpaired) electrons. The molecule has 0 saturated carbocycles. The minimum absolute atomic E-state index is 0.0884. The summed E-state index contributed by atoms with van der Waals surface area (Å²) < 4.78 is 44.4. The van der Waals surface area contributed by atoms with E-state index < -0.39 is 21.9 Å². The van der Waals surface area contributed by atoms with Crippen LogP contribution in [-0.4, -0.2) is 70.2 Å². The lowest BCUT2D eigenvalue weighted by Gasteiger charge is -2.35. The van der Waals surface area contributed by atoms with E-state index in [1.807, 2.05) is 4.90 Å². The van der Waals surface area contributed by atoms with Crippen LogP contribution in [0.4, 0.5) is 10.1 Å². The number of nitrogens with one attached hydrogen (secondary N) is 1. The van der Waals surface area contributed by atoms with E-state index in [-0.39, 0.29) is 29.2 Å². The van der Waals surface area contributed by atoms with Crippen molar-refractivity contribution >= 4 is 27.6 Å². The maximum Gasteiger partial charge on any atom is 0.338 e. The third-order valence-electron chi connectivity index (χ3n) is 5.05. The summed E-state index contributed by atoms with van der Waals surface area (Å²) in [6.07, 6.45) is 0. The summed E-state index contributed by atoms with van der Waals surface area (Å²) in [7, 11) is -2.34. The Morgan fingerprint density at radius 1 is 1.00 bits per heavy atom. The van der Waals surface area contributed by atoms with Crippen LogP contribution in [0.1, 0.15) is 20.7 Å². The summed E-state index contributed by atoms with van der Waals surface area (Å²) in [4.78, 5) is 26.2. The molecule has 1 heterocycles. The average Bonchev–Trinajstić information content (AvgIpc) is 2.79. The minimum Gasteiger partial charge on any atom is -0.465 e. The molecule has 0 bridgehead atoms. The summed E-state index contributed by atoms with van der Waals surface area (Å²) in [5.41, 5.74) is 1.08. The van der Waals surface area contributed by atoms with Gasteiger partial charge in [-0.25, -0.2) is 17.6 Å². The maximum atomic E-state index is 13.1. The van der Waals surface area contributed by atoms with E-state index in [1.165, 1.54) is 35.7 Å². The normalized spacial score (nSPS) is 14.8. The fourth-order valence-electron chi connectivity index (χ4n) is 3.36. The van der Waals surface area contributed by atoms with Crippen molar-refractivity contribution in [2.75, 3.05) is 50.5 Å². The molecular weight excluding hydrogens is 425 g/mol. The van der Waals surface area contributed by atoms with E-state index in [9.17, 15) is 22.4 Å². The number of nitrogens with zero attached hydrogens (tertiary/aromatic N) is 2. The number of piperazine rings is 1. The number of halogens is 1. The highest BCUT2D eigenvalue weighted by Crippen LogP contribution is 2.18. The molecule has 1 N–H and O–H groups in total. The predicted molar refractivity (Wildman–Crippen MR) is 114 cm³/mol. The Balaban J connectivity index is 1.52. The number of amides is 1. The van der Waals surface area contributed by atoms with Gasteiger partial charge in [0.25, 0.3) is 5.91 Å². The largest absolute Gasteiger partial charge is 0.465 e. The molecule has 3 rings (SSSR count). The number of esters is 1. The molecule has 1 aliphatic rings. The number of hydrogen-bond acceptors (Lipinski definition) is 6. The molecule has 1 aliphatic heterocycles. The molecule has 1 amide bonds. The van der Waals surface area contributed by atoms with Crippen LogP contribution in [-0.2, 0) is 14.8 Å². The molecule has 31 heavy (non-hydrogen) atoms. The standard InChI is InChI=1S/C21H24FN3O5S/c1-30-21(27)19-5-3-2-4-18(19)20(26)23-10-15-31(28,29)25-13-11-24(12-14-25)17-8-6-16(22)7-9-17/h2-9H,10-15H2,1H3,(H,23,26). The van der Waals surface area contributed by atoms with Gasteiger partial charge in [-0.3, -0.25) is 4.79 Å². The average molecular weight is 450 g/mol. The van der Waals surface area contributed by atoms with Gasteiger partial charge < -0.3 is 15.0 Å². The van der Waals surface area contributed by atoms with Crippen molar-refractivity contribution in [3.8, 4) is 0 Å². The fourth-order valence-corrected chi connectivity index (χ4v) is 4.70. The second-order valence-corrected chi connectivity index (χ2v) is 9.06. The molecule has 2 aromatic rings. The molecule has 0 spiro atoms. The molecule has 1 saturated heterocycles. The molecule has 166 valence electrons. The molecular formula is C21H24FN3O5S. The third-order valence-corrected chi connectivity index (χ3v) is 6.92. The van der Waals surface area contributed by atoms with E-state index in [0.717, 1.165) is 5.69 Å². The summed E-state index contributed by atoms with van der Waals surface area (Å²) in [5, 5.41) is 2.55. The van der Waals surface area contributed by atoms with Gasteiger partial charge >= 0.3 is 5.97 Å². The first-order valence-electron chi connectivity index (χ1n) is 9.75. The fraction of sp³-hybridized carbons (Fsp3) is 0.333. The van der Waals surface area contributed by atoms with Gasteiger partial charge in [0.15, 0.2) is 0 Å². The quantitative estimate of drug-likeness (QED) is 0.644. The van der Waals surface area contributed by atoms with Crippen molar-refractivity contribution in [1.29, 1.82) is 0 Å². The van der Waals surface area contributed by atoms with Crippen LogP contribution >= 0.6 is 0 Å². The SMILES string of the molecule is COC(=O)c1ccccc1C(=O)NCCS(=O)(=O)N1CCN(c2ccc(F)cc2)CC1. The Labute approximate surface area is 180 Å². The zero-order valence-electron chi connectivity index (χ0n) is 17.1. The zero-order chi connectivity index (χ0) is 22.4. The van der Waals surface area contributed by atoms with Gasteiger partial charge in [-0.1, -0.05) is 12.1 Å². The monoisotopic (exact) mass is 449 g/mol. The summed E-state index contributed by atoms with van der Waals surface area (Å²) in [6, 6.07) is 12.3.